The number of aliphatic hydroxyl groups excluding tert-OH is 2. The second kappa shape index (κ2) is 46.8. The Labute approximate surface area is 353 Å². The molecule has 0 aliphatic carbocycles. The highest BCUT2D eigenvalue weighted by molar-refractivity contribution is 5.76. The molecule has 0 bridgehead atoms. The Morgan fingerprint density at radius 1 is 0.491 bits per heavy atom. The molecule has 2 atom stereocenters. The number of hydrogen-bond donors (Lipinski definition) is 3. The molecule has 3 N–H and O–H groups in total. The summed E-state index contributed by atoms with van der Waals surface area (Å²) in [5.41, 5.74) is 0. The standard InChI is InChI=1S/C51H95NO5/c1-3-5-7-9-11-13-15-17-18-19-21-23-27-31-35-39-43-49(54)48(47-53)52-50(55)44-40-36-32-28-24-22-26-30-34-38-42-46-57-51(56)45-41-37-33-29-25-20-16-14-12-10-8-6-4-2/h8,10,14,16,39,43,48-49,53-54H,3-7,9,11-13,15,17-38,40-42,44-47H2,1-2H3,(H,52,55)/b10-8-,16-14-,43-39+. The number of allylic oxidation sites excluding steroid dienone is 5. The number of esters is 1. The van der Waals surface area contributed by atoms with Crippen molar-refractivity contribution in [2.75, 3.05) is 13.2 Å². The van der Waals surface area contributed by atoms with Crippen LogP contribution in [-0.4, -0.2) is 47.4 Å². The summed E-state index contributed by atoms with van der Waals surface area (Å²) in [5.74, 6) is -0.119. The number of amides is 1. The van der Waals surface area contributed by atoms with Gasteiger partial charge in [-0.3, -0.25) is 9.59 Å². The zero-order valence-electron chi connectivity index (χ0n) is 37.8. The van der Waals surface area contributed by atoms with Crippen molar-refractivity contribution in [1.82, 2.24) is 5.32 Å². The molecule has 57 heavy (non-hydrogen) atoms. The van der Waals surface area contributed by atoms with Gasteiger partial charge < -0.3 is 20.3 Å². The summed E-state index contributed by atoms with van der Waals surface area (Å²) in [4.78, 5) is 24.4. The lowest BCUT2D eigenvalue weighted by Gasteiger charge is -2.20. The fourth-order valence-electron chi connectivity index (χ4n) is 7.32. The fraction of sp³-hybridized carbons (Fsp3) is 0.843. The van der Waals surface area contributed by atoms with Gasteiger partial charge in [0.25, 0.3) is 0 Å². The maximum absolute atomic E-state index is 12.4. The second-order valence-corrected chi connectivity index (χ2v) is 16.8. The van der Waals surface area contributed by atoms with Gasteiger partial charge in [-0.15, -0.1) is 0 Å². The first-order chi connectivity index (χ1) is 28.0. The smallest absolute Gasteiger partial charge is 0.305 e. The van der Waals surface area contributed by atoms with E-state index in [1.807, 2.05) is 6.08 Å². The number of carbonyl (C=O) groups excluding carboxylic acids is 2. The molecule has 0 aliphatic rings. The largest absolute Gasteiger partial charge is 0.466 e. The van der Waals surface area contributed by atoms with E-state index in [2.05, 4.69) is 43.5 Å². The van der Waals surface area contributed by atoms with E-state index >= 15 is 0 Å². The lowest BCUT2D eigenvalue weighted by Crippen LogP contribution is -2.45. The molecule has 2 unspecified atom stereocenters. The van der Waals surface area contributed by atoms with E-state index in [0.717, 1.165) is 70.6 Å². The van der Waals surface area contributed by atoms with Gasteiger partial charge in [-0.25, -0.2) is 0 Å². The Balaban J connectivity index is 3.53. The first-order valence-electron chi connectivity index (χ1n) is 24.8. The molecule has 0 aromatic rings. The molecule has 0 fully saturated rings. The minimum atomic E-state index is -0.857. The second-order valence-electron chi connectivity index (χ2n) is 16.8. The SMILES string of the molecule is CCC/C=C\C/C=C\CCCCCCCC(=O)OCCCCCCCCCCCCCC(=O)NC(CO)C(O)/C=C/CCCCCCCCCCCCCCCC. The van der Waals surface area contributed by atoms with Crippen LogP contribution in [0.5, 0.6) is 0 Å². The van der Waals surface area contributed by atoms with Gasteiger partial charge in [0.2, 0.25) is 5.91 Å². The molecule has 1 amide bonds. The lowest BCUT2D eigenvalue weighted by molar-refractivity contribution is -0.143. The van der Waals surface area contributed by atoms with Crippen molar-refractivity contribution < 1.29 is 24.5 Å². The van der Waals surface area contributed by atoms with E-state index in [9.17, 15) is 19.8 Å². The van der Waals surface area contributed by atoms with Crippen LogP contribution >= 0.6 is 0 Å². The van der Waals surface area contributed by atoms with E-state index in [1.54, 1.807) is 6.08 Å². The maximum Gasteiger partial charge on any atom is 0.305 e. The Hall–Kier alpha value is -1.92. The monoisotopic (exact) mass is 802 g/mol. The van der Waals surface area contributed by atoms with Crippen molar-refractivity contribution in [3.63, 3.8) is 0 Å². The molecule has 0 aromatic heterocycles. The van der Waals surface area contributed by atoms with Crippen molar-refractivity contribution in [3.05, 3.63) is 36.5 Å². The van der Waals surface area contributed by atoms with Gasteiger partial charge in [0, 0.05) is 12.8 Å². The summed E-state index contributed by atoms with van der Waals surface area (Å²) in [6.45, 7) is 4.78. The van der Waals surface area contributed by atoms with E-state index in [1.165, 1.54) is 154 Å². The minimum absolute atomic E-state index is 0.0313. The van der Waals surface area contributed by atoms with Crippen molar-refractivity contribution >= 4 is 11.9 Å². The number of carbonyl (C=O) groups is 2. The lowest BCUT2D eigenvalue weighted by atomic mass is 10.0. The Kier molecular flexibility index (Phi) is 45.2. The van der Waals surface area contributed by atoms with Crippen LogP contribution in [-0.2, 0) is 14.3 Å². The number of unbranched alkanes of at least 4 members (excludes halogenated alkanes) is 30. The van der Waals surface area contributed by atoms with Gasteiger partial charge in [0.1, 0.15) is 0 Å². The van der Waals surface area contributed by atoms with Crippen LogP contribution in [0, 0.1) is 0 Å². The zero-order valence-corrected chi connectivity index (χ0v) is 37.8. The summed E-state index contributed by atoms with van der Waals surface area (Å²) >= 11 is 0. The van der Waals surface area contributed by atoms with Crippen LogP contribution in [0.15, 0.2) is 36.5 Å². The van der Waals surface area contributed by atoms with Crippen molar-refractivity contribution in [1.29, 1.82) is 0 Å². The summed E-state index contributed by atoms with van der Waals surface area (Å²) in [6, 6.07) is -0.642. The molecule has 0 aromatic carbocycles. The third kappa shape index (κ3) is 43.5. The van der Waals surface area contributed by atoms with Crippen LogP contribution in [0.1, 0.15) is 251 Å². The normalized spacial score (nSPS) is 13.0. The van der Waals surface area contributed by atoms with Crippen molar-refractivity contribution in [2.45, 2.75) is 264 Å². The molecular weight excluding hydrogens is 707 g/mol. The quantitative estimate of drug-likeness (QED) is 0.0324. The molecule has 0 aliphatic heterocycles. The highest BCUT2D eigenvalue weighted by Gasteiger charge is 2.18. The molecule has 0 radical (unpaired) electrons. The third-order valence-electron chi connectivity index (χ3n) is 11.1. The molecule has 6 heteroatoms. The number of ether oxygens (including phenoxy) is 1. The van der Waals surface area contributed by atoms with Crippen LogP contribution in [0.3, 0.4) is 0 Å². The van der Waals surface area contributed by atoms with Crippen molar-refractivity contribution in [3.8, 4) is 0 Å². The topological polar surface area (TPSA) is 95.9 Å². The Morgan fingerprint density at radius 2 is 0.912 bits per heavy atom. The predicted molar refractivity (Wildman–Crippen MR) is 246 cm³/mol. The first-order valence-corrected chi connectivity index (χ1v) is 24.8. The van der Waals surface area contributed by atoms with Crippen LogP contribution in [0.25, 0.3) is 0 Å². The van der Waals surface area contributed by atoms with E-state index < -0.39 is 12.1 Å². The molecule has 0 heterocycles. The molecule has 0 spiro atoms. The molecular formula is C51H95NO5. The van der Waals surface area contributed by atoms with Crippen LogP contribution in [0.2, 0.25) is 0 Å². The fourth-order valence-corrected chi connectivity index (χ4v) is 7.32. The van der Waals surface area contributed by atoms with Gasteiger partial charge in [-0.05, 0) is 57.8 Å². The molecule has 0 rings (SSSR count). The minimum Gasteiger partial charge on any atom is -0.466 e. The number of rotatable bonds is 45. The average molecular weight is 802 g/mol. The maximum atomic E-state index is 12.4. The molecule has 334 valence electrons. The molecule has 0 saturated heterocycles. The van der Waals surface area contributed by atoms with E-state index in [4.69, 9.17) is 4.74 Å². The summed E-state index contributed by atoms with van der Waals surface area (Å²) in [6.07, 6.45) is 55.6. The number of nitrogens with one attached hydrogen (secondary N) is 1. The summed E-state index contributed by atoms with van der Waals surface area (Å²) in [5, 5.41) is 23.0. The van der Waals surface area contributed by atoms with E-state index in [-0.39, 0.29) is 18.5 Å². The van der Waals surface area contributed by atoms with Gasteiger partial charge >= 0.3 is 5.97 Å². The molecule has 6 nitrogen and oxygen atoms in total. The van der Waals surface area contributed by atoms with Gasteiger partial charge in [-0.1, -0.05) is 217 Å². The Bertz CT molecular complexity index is 931. The highest BCUT2D eigenvalue weighted by atomic mass is 16.5. The zero-order chi connectivity index (χ0) is 41.5. The number of aliphatic hydroxyl groups is 2. The van der Waals surface area contributed by atoms with E-state index in [0.29, 0.717) is 19.4 Å². The van der Waals surface area contributed by atoms with Crippen LogP contribution in [0.4, 0.5) is 0 Å². The predicted octanol–water partition coefficient (Wildman–Crippen LogP) is 14.5. The van der Waals surface area contributed by atoms with Gasteiger partial charge in [0.05, 0.1) is 25.4 Å². The third-order valence-corrected chi connectivity index (χ3v) is 11.1. The average Bonchev–Trinajstić information content (AvgIpc) is 3.21. The van der Waals surface area contributed by atoms with Crippen LogP contribution < -0.4 is 5.32 Å². The summed E-state index contributed by atoms with van der Waals surface area (Å²) < 4.78 is 5.44. The van der Waals surface area contributed by atoms with Gasteiger partial charge in [0.15, 0.2) is 0 Å². The van der Waals surface area contributed by atoms with Gasteiger partial charge in [-0.2, -0.15) is 0 Å². The highest BCUT2D eigenvalue weighted by Crippen LogP contribution is 2.15. The van der Waals surface area contributed by atoms with Crippen molar-refractivity contribution in [2.24, 2.45) is 0 Å². The Morgan fingerprint density at radius 3 is 1.40 bits per heavy atom. The summed E-state index contributed by atoms with van der Waals surface area (Å²) in [7, 11) is 0. The molecule has 0 saturated carbocycles. The number of hydrogen-bond acceptors (Lipinski definition) is 5. The first kappa shape index (κ1) is 55.1.